The van der Waals surface area contributed by atoms with Crippen molar-refractivity contribution in [2.45, 2.75) is 273 Å². The molecule has 0 unspecified atom stereocenters. The van der Waals surface area contributed by atoms with E-state index in [0.29, 0.717) is 25.9 Å². The van der Waals surface area contributed by atoms with Gasteiger partial charge in [0, 0.05) is 39.3 Å². The standard InChI is InChI=1S/6C9H19NS2.Mo.6OS/c6*1-2-3-4-5-6-7-8-10-9(11)12;;6*1-2/h6*2-8H2,1H3,(H2,10,11,12);;;;;;;/q;;;;;;+6;;;;;;/p-6. The zero-order valence-corrected chi connectivity index (χ0v) is 68.6. The van der Waals surface area contributed by atoms with E-state index in [1.165, 1.54) is 231 Å². The Morgan fingerprint density at radius 3 is 0.365 bits per heavy atom. The Morgan fingerprint density at radius 1 is 0.200 bits per heavy atom. The van der Waals surface area contributed by atoms with Gasteiger partial charge < -0.3 is 181 Å². The Kier molecular flexibility index (Phi) is 184. The molecule has 0 saturated heterocycles. The molecule has 0 aliphatic rings. The minimum Gasteiger partial charge on any atom is -0.412 e. The molecular weight excluding hydrogens is 1500 g/mol. The average Bonchev–Trinajstić information content (AvgIpc) is 3.49. The molecule has 504 valence electrons. The number of rotatable bonds is 42. The second-order valence-corrected chi connectivity index (χ2v) is 24.3. The number of unbranched alkanes of at least 4 members (excludes halogenated alkanes) is 30. The summed E-state index contributed by atoms with van der Waals surface area (Å²) in [5.41, 5.74) is 0. The zero-order chi connectivity index (χ0) is 67.4. The molecule has 0 atom stereocenters. The molecule has 0 aromatic carbocycles. The molecule has 0 heterocycles. The summed E-state index contributed by atoms with van der Waals surface area (Å²) in [5, 5.41) is 17.9. The monoisotopic (exact) mass is 1610 g/mol. The molecule has 0 rings (SSSR count). The van der Waals surface area contributed by atoms with E-state index in [4.69, 9.17) is 174 Å². The third-order valence-corrected chi connectivity index (χ3v) is 12.5. The van der Waals surface area contributed by atoms with Crippen LogP contribution in [0.1, 0.15) is 273 Å². The fourth-order valence-corrected chi connectivity index (χ4v) is 7.80. The van der Waals surface area contributed by atoms with Gasteiger partial charge in [0.15, 0.2) is 75.2 Å². The SMILES string of the molecule is CCCCCCCCNC(=S)[S-].CCCCCCCCNC(=S)[S-].CCCCCCCCNC(=S)[S-].CCCCCCCCNC(=S)[S-].CCCCCCCCNC(=S)[S-].CCCCCCCCNC(=S)[S-].O=S.O=S.O=S.O=S.O=S.O=S.[Mo+6]. The summed E-state index contributed by atoms with van der Waals surface area (Å²) in [4.78, 5) is 0. The molecule has 6 N–H and O–H groups in total. The Labute approximate surface area is 633 Å². The maximum Gasteiger partial charge on any atom is 6.00 e. The maximum absolute atomic E-state index is 7.83. The van der Waals surface area contributed by atoms with E-state index >= 15 is 0 Å². The van der Waals surface area contributed by atoms with Crippen molar-refractivity contribution in [3.05, 3.63) is 0 Å². The van der Waals surface area contributed by atoms with Crippen LogP contribution < -0.4 is 31.9 Å². The van der Waals surface area contributed by atoms with Crippen molar-refractivity contribution in [1.82, 2.24) is 31.9 Å². The van der Waals surface area contributed by atoms with Crippen LogP contribution >= 0.6 is 73.3 Å². The number of nitrogens with one attached hydrogen (secondary N) is 6. The molecule has 0 saturated carbocycles. The molecular formula is C54H108MoN6O6S18. The molecule has 0 aromatic rings. The molecule has 0 fully saturated rings. The van der Waals surface area contributed by atoms with Gasteiger partial charge in [-0.15, -0.1) is 0 Å². The molecule has 0 spiro atoms. The summed E-state index contributed by atoms with van der Waals surface area (Å²) in [7, 11) is 0. The Hall–Kier alpha value is 1.47. The fraction of sp³-hybridized carbons (Fsp3) is 0.889. The van der Waals surface area contributed by atoms with Crippen LogP contribution in [-0.2, 0) is 172 Å². The molecule has 0 amide bonds. The van der Waals surface area contributed by atoms with Crippen molar-refractivity contribution < 1.29 is 46.3 Å². The average molecular weight is 1610 g/mol. The van der Waals surface area contributed by atoms with E-state index < -0.39 is 0 Å². The van der Waals surface area contributed by atoms with Gasteiger partial charge >= 0.3 is 21.1 Å². The first-order chi connectivity index (χ1) is 40.6. The van der Waals surface area contributed by atoms with Crippen molar-refractivity contribution in [3.8, 4) is 0 Å². The quantitative estimate of drug-likeness (QED) is 0.0147. The number of thiocarbonyl (C=S) groups is 6. The smallest absolute Gasteiger partial charge is 0.412 e. The molecule has 85 heavy (non-hydrogen) atoms. The first kappa shape index (κ1) is 117. The number of hydrogen-bond acceptors (Lipinski definition) is 24. The van der Waals surface area contributed by atoms with Gasteiger partial charge in [-0.1, -0.05) is 260 Å². The first-order valence-corrected chi connectivity index (χ1v) is 36.2. The molecule has 31 heteroatoms. The predicted molar refractivity (Wildman–Crippen MR) is 417 cm³/mol. The second kappa shape index (κ2) is 134. The van der Waals surface area contributed by atoms with Gasteiger partial charge in [0.2, 0.25) is 0 Å². The summed E-state index contributed by atoms with van der Waals surface area (Å²) >= 11 is 73.6. The van der Waals surface area contributed by atoms with Crippen LogP contribution in [0.25, 0.3) is 0 Å². The molecule has 0 bridgehead atoms. The van der Waals surface area contributed by atoms with E-state index in [1.54, 1.807) is 0 Å². The topological polar surface area (TPSA) is 175 Å². The van der Waals surface area contributed by atoms with Gasteiger partial charge in [-0.25, -0.2) is 0 Å². The summed E-state index contributed by atoms with van der Waals surface area (Å²) < 4.78 is 50.0. The fourth-order valence-electron chi connectivity index (χ4n) is 6.57. The van der Waals surface area contributed by atoms with Crippen molar-refractivity contribution in [2.24, 2.45) is 0 Å². The molecule has 0 aliphatic carbocycles. The summed E-state index contributed by atoms with van der Waals surface area (Å²) in [6, 6.07) is 0. The van der Waals surface area contributed by atoms with E-state index in [2.05, 4.69) is 149 Å². The zero-order valence-electron chi connectivity index (χ0n) is 51.9. The van der Waals surface area contributed by atoms with E-state index in [0.717, 1.165) is 39.3 Å². The molecule has 12 nitrogen and oxygen atoms in total. The van der Waals surface area contributed by atoms with Gasteiger partial charge in [-0.3, -0.25) is 0 Å². The van der Waals surface area contributed by atoms with E-state index in [1.807, 2.05) is 0 Å². The Morgan fingerprint density at radius 2 is 0.282 bits per heavy atom. The van der Waals surface area contributed by atoms with Gasteiger partial charge in [-0.2, -0.15) is 25.3 Å². The van der Waals surface area contributed by atoms with Gasteiger partial charge in [0.1, 0.15) is 0 Å². The summed E-state index contributed by atoms with van der Waals surface area (Å²) in [6.45, 7) is 19.1. The van der Waals surface area contributed by atoms with Gasteiger partial charge in [0.05, 0.1) is 0 Å². The molecule has 0 aromatic heterocycles. The second-order valence-electron chi connectivity index (χ2n) is 17.9. The maximum atomic E-state index is 7.83. The Balaban J connectivity index is -0.0000000639. The number of hydrogen-bond donors (Lipinski definition) is 6. The summed E-state index contributed by atoms with van der Waals surface area (Å²) in [5.74, 6) is 0. The predicted octanol–water partition coefficient (Wildman–Crippen LogP) is 14.6. The van der Waals surface area contributed by atoms with Crippen molar-refractivity contribution in [1.29, 1.82) is 0 Å². The van der Waals surface area contributed by atoms with Crippen LogP contribution in [0.2, 0.25) is 0 Å². The van der Waals surface area contributed by atoms with Crippen LogP contribution in [0.15, 0.2) is 0 Å². The third kappa shape index (κ3) is 194. The Bertz CT molecular complexity index is 1040. The van der Waals surface area contributed by atoms with Crippen molar-refractivity contribution in [3.63, 3.8) is 0 Å². The minimum absolute atomic E-state index is 0. The van der Waals surface area contributed by atoms with Crippen LogP contribution in [-0.4, -0.2) is 90.4 Å². The van der Waals surface area contributed by atoms with Crippen LogP contribution in [0, 0.1) is 0 Å². The first-order valence-electron chi connectivity index (χ1n) is 29.3. The largest absolute Gasteiger partial charge is 6.00 e. The van der Waals surface area contributed by atoms with Crippen molar-refractivity contribution >= 4 is 250 Å². The van der Waals surface area contributed by atoms with Crippen LogP contribution in [0.4, 0.5) is 0 Å². The van der Waals surface area contributed by atoms with E-state index in [9.17, 15) is 0 Å². The van der Waals surface area contributed by atoms with Gasteiger partial charge in [0.25, 0.3) is 0 Å². The summed E-state index contributed by atoms with van der Waals surface area (Å²) in [6.07, 6.45) is 47.3. The molecule has 0 radical (unpaired) electrons. The molecule has 0 aliphatic heterocycles. The minimum atomic E-state index is 0. The third-order valence-electron chi connectivity index (χ3n) is 10.8. The normalized spacial score (nSPS) is 8.54. The van der Waals surface area contributed by atoms with Crippen LogP contribution in [0.5, 0.6) is 0 Å². The van der Waals surface area contributed by atoms with E-state index in [-0.39, 0.29) is 21.1 Å². The van der Waals surface area contributed by atoms with Crippen LogP contribution in [0.3, 0.4) is 0 Å². The van der Waals surface area contributed by atoms with Crippen molar-refractivity contribution in [2.75, 3.05) is 39.3 Å². The van der Waals surface area contributed by atoms with Gasteiger partial charge in [-0.05, 0) is 38.5 Å².